The summed E-state index contributed by atoms with van der Waals surface area (Å²) in [5.41, 5.74) is 0.0552. The van der Waals surface area contributed by atoms with Gasteiger partial charge in [-0.15, -0.1) is 0 Å². The van der Waals surface area contributed by atoms with Crippen molar-refractivity contribution in [3.8, 4) is 0 Å². The molecule has 0 saturated heterocycles. The molecular weight excluding hydrogens is 251 g/mol. The fourth-order valence-corrected chi connectivity index (χ4v) is 2.88. The first kappa shape index (κ1) is 19.3. The van der Waals surface area contributed by atoms with Gasteiger partial charge in [0.25, 0.3) is 0 Å². The van der Waals surface area contributed by atoms with Gasteiger partial charge in [-0.05, 0) is 38.5 Å². The Bertz CT molecular complexity index is 326. The van der Waals surface area contributed by atoms with Crippen LogP contribution in [0.25, 0.3) is 0 Å². The molecule has 1 saturated carbocycles. The van der Waals surface area contributed by atoms with Crippen LogP contribution in [0.2, 0.25) is 0 Å². The van der Waals surface area contributed by atoms with E-state index in [1.807, 2.05) is 13.8 Å². The average molecular weight is 278 g/mol. The monoisotopic (exact) mass is 278 g/mol. The van der Waals surface area contributed by atoms with Crippen LogP contribution in [0.4, 0.5) is 4.79 Å². The molecule has 2 N–H and O–H groups in total. The van der Waals surface area contributed by atoms with Crippen molar-refractivity contribution in [3.05, 3.63) is 0 Å². The molecule has 0 aromatic heterocycles. The van der Waals surface area contributed by atoms with Gasteiger partial charge in [0.1, 0.15) is 6.04 Å². The number of urea groups is 1. The third-order valence-electron chi connectivity index (χ3n) is 4.15. The molecule has 5 nitrogen and oxygen atoms in total. The Morgan fingerprint density at radius 2 is 1.75 bits per heavy atom. The van der Waals surface area contributed by atoms with Crippen LogP contribution in [0.1, 0.15) is 52.9 Å². The van der Waals surface area contributed by atoms with Crippen LogP contribution in [-0.2, 0) is 4.79 Å². The van der Waals surface area contributed by atoms with E-state index in [4.69, 9.17) is 0 Å². The molecule has 0 aliphatic heterocycles. The predicted octanol–water partition coefficient (Wildman–Crippen LogP) is 1.81. The van der Waals surface area contributed by atoms with Crippen LogP contribution < -0.4 is 5.32 Å². The van der Waals surface area contributed by atoms with E-state index in [1.165, 1.54) is 0 Å². The van der Waals surface area contributed by atoms with Crippen LogP contribution in [0.3, 0.4) is 0 Å². The Morgan fingerprint density at radius 3 is 2.15 bits per heavy atom. The first-order valence-electron chi connectivity index (χ1n) is 7.20. The van der Waals surface area contributed by atoms with E-state index < -0.39 is 12.0 Å². The van der Waals surface area contributed by atoms with Crippen LogP contribution in [0.5, 0.6) is 0 Å². The Balaban J connectivity index is 0.00000361. The molecule has 1 atom stereocenters. The first-order valence-corrected chi connectivity index (χ1v) is 7.20. The van der Waals surface area contributed by atoms with Crippen molar-refractivity contribution in [2.45, 2.75) is 58.9 Å². The number of hydrogen-bond donors (Lipinski definition) is 2. The van der Waals surface area contributed by atoms with E-state index in [9.17, 15) is 14.7 Å². The van der Waals surface area contributed by atoms with E-state index >= 15 is 0 Å². The standard InChI is InChI=1S/C14H26N2O3.Li.H/c1-4-16(5-2)13(19)15-11(12(17)18)10-14(3)8-6-7-9-14;;/h11H,4-10H2,1-3H3,(H,15,19)(H,17,18);;. The van der Waals surface area contributed by atoms with Gasteiger partial charge in [-0.1, -0.05) is 19.8 Å². The third kappa shape index (κ3) is 5.38. The molecule has 2 amide bonds. The van der Waals surface area contributed by atoms with Crippen molar-refractivity contribution in [3.63, 3.8) is 0 Å². The molecule has 1 aliphatic rings. The SMILES string of the molecule is CCN(CC)C(=O)NC(CC1(C)CCCC1)C(=O)O.[LiH]. The number of nitrogens with one attached hydrogen (secondary N) is 1. The molecule has 1 rings (SSSR count). The topological polar surface area (TPSA) is 69.6 Å². The molecule has 0 spiro atoms. The quantitative estimate of drug-likeness (QED) is 0.728. The number of rotatable bonds is 6. The number of hydrogen-bond acceptors (Lipinski definition) is 2. The van der Waals surface area contributed by atoms with Crippen molar-refractivity contribution in [2.75, 3.05) is 13.1 Å². The van der Waals surface area contributed by atoms with Gasteiger partial charge in [0.15, 0.2) is 0 Å². The summed E-state index contributed by atoms with van der Waals surface area (Å²) >= 11 is 0. The van der Waals surface area contributed by atoms with Gasteiger partial charge in [-0.2, -0.15) is 0 Å². The summed E-state index contributed by atoms with van der Waals surface area (Å²) in [4.78, 5) is 24.9. The molecule has 0 bridgehead atoms. The molecule has 1 fully saturated rings. The minimum absolute atomic E-state index is 0. The molecule has 112 valence electrons. The van der Waals surface area contributed by atoms with Crippen molar-refractivity contribution < 1.29 is 14.7 Å². The van der Waals surface area contributed by atoms with Crippen LogP contribution in [0.15, 0.2) is 0 Å². The predicted molar refractivity (Wildman–Crippen MR) is 81.2 cm³/mol. The summed E-state index contributed by atoms with van der Waals surface area (Å²) in [6.45, 7) is 7.08. The van der Waals surface area contributed by atoms with Crippen LogP contribution in [-0.4, -0.2) is 60.0 Å². The molecule has 1 unspecified atom stereocenters. The number of nitrogens with zero attached hydrogens (tertiary/aromatic N) is 1. The van der Waals surface area contributed by atoms with Crippen LogP contribution >= 0.6 is 0 Å². The van der Waals surface area contributed by atoms with Crippen molar-refractivity contribution in [1.29, 1.82) is 0 Å². The number of carbonyl (C=O) groups excluding carboxylic acids is 1. The Kier molecular flexibility index (Phi) is 8.30. The second-order valence-electron chi connectivity index (χ2n) is 5.73. The summed E-state index contributed by atoms with van der Waals surface area (Å²) < 4.78 is 0. The Labute approximate surface area is 133 Å². The Morgan fingerprint density at radius 1 is 1.25 bits per heavy atom. The Hall–Kier alpha value is -0.663. The van der Waals surface area contributed by atoms with E-state index in [0.717, 1.165) is 25.7 Å². The van der Waals surface area contributed by atoms with Crippen molar-refractivity contribution in [1.82, 2.24) is 10.2 Å². The molecule has 20 heavy (non-hydrogen) atoms. The van der Waals surface area contributed by atoms with Crippen molar-refractivity contribution >= 4 is 30.9 Å². The minimum atomic E-state index is -0.936. The molecule has 1 aliphatic carbocycles. The molecular formula is C14H27LiN2O3. The molecule has 0 radical (unpaired) electrons. The number of carboxylic acid groups (broad SMARTS) is 1. The first-order chi connectivity index (χ1) is 8.91. The zero-order valence-electron chi connectivity index (χ0n) is 12.2. The summed E-state index contributed by atoms with van der Waals surface area (Å²) in [6.07, 6.45) is 4.95. The number of carboxylic acids is 1. The maximum atomic E-state index is 11.9. The van der Waals surface area contributed by atoms with E-state index in [2.05, 4.69) is 12.2 Å². The fourth-order valence-electron chi connectivity index (χ4n) is 2.88. The van der Waals surface area contributed by atoms with E-state index in [1.54, 1.807) is 4.90 Å². The summed E-state index contributed by atoms with van der Waals surface area (Å²) in [6, 6.07) is -1.06. The average Bonchev–Trinajstić information content (AvgIpc) is 2.76. The second-order valence-corrected chi connectivity index (χ2v) is 5.73. The van der Waals surface area contributed by atoms with Gasteiger partial charge in [0.2, 0.25) is 0 Å². The summed E-state index contributed by atoms with van der Waals surface area (Å²) in [7, 11) is 0. The fraction of sp³-hybridized carbons (Fsp3) is 0.857. The van der Waals surface area contributed by atoms with E-state index in [-0.39, 0.29) is 30.3 Å². The van der Waals surface area contributed by atoms with E-state index in [0.29, 0.717) is 19.5 Å². The number of aliphatic carboxylic acids is 1. The normalized spacial score (nSPS) is 17.9. The van der Waals surface area contributed by atoms with Crippen molar-refractivity contribution in [2.24, 2.45) is 5.41 Å². The number of carbonyl (C=O) groups is 2. The van der Waals surface area contributed by atoms with Gasteiger partial charge in [0, 0.05) is 13.1 Å². The molecule has 0 aromatic rings. The summed E-state index contributed by atoms with van der Waals surface area (Å²) in [5.74, 6) is -0.936. The van der Waals surface area contributed by atoms with Gasteiger partial charge in [-0.25, -0.2) is 9.59 Å². The molecule has 6 heteroatoms. The van der Waals surface area contributed by atoms with Crippen LogP contribution in [0, 0.1) is 5.41 Å². The second kappa shape index (κ2) is 8.59. The van der Waals surface area contributed by atoms with Gasteiger partial charge in [-0.3, -0.25) is 0 Å². The van der Waals surface area contributed by atoms with Gasteiger partial charge < -0.3 is 15.3 Å². The zero-order valence-corrected chi connectivity index (χ0v) is 12.2. The maximum absolute atomic E-state index is 11.9. The van der Waals surface area contributed by atoms with Gasteiger partial charge in [0.05, 0.1) is 0 Å². The zero-order chi connectivity index (χ0) is 14.5. The third-order valence-corrected chi connectivity index (χ3v) is 4.15. The molecule has 0 heterocycles. The summed E-state index contributed by atoms with van der Waals surface area (Å²) in [5, 5.41) is 11.9. The number of amides is 2. The molecule has 0 aromatic carbocycles. The van der Waals surface area contributed by atoms with Gasteiger partial charge >= 0.3 is 30.9 Å².